The Bertz CT molecular complexity index is 942. The molecule has 0 saturated heterocycles. The summed E-state index contributed by atoms with van der Waals surface area (Å²) in [5.74, 6) is 2.87. The molecule has 154 valence electrons. The van der Waals surface area contributed by atoms with Gasteiger partial charge in [0.2, 0.25) is 5.91 Å². The standard InChI is InChI=1S/C22H29N5O2/c1-14(22-10-15-7-16(11-22)9-17(8-15)12-22)24-19(28)13-27-21(29)26(2)20(25-27)18-5-3-4-6-23-18/h3-6,14-17H,7-13H2,1-2H3,(H,24,28). The van der Waals surface area contributed by atoms with Crippen LogP contribution in [0.25, 0.3) is 11.5 Å². The first-order chi connectivity index (χ1) is 13.9. The maximum Gasteiger partial charge on any atom is 0.346 e. The lowest BCUT2D eigenvalue weighted by atomic mass is 9.48. The Morgan fingerprint density at radius 3 is 2.45 bits per heavy atom. The van der Waals surface area contributed by atoms with Crippen LogP contribution in [0.2, 0.25) is 0 Å². The van der Waals surface area contributed by atoms with Crippen molar-refractivity contribution in [3.8, 4) is 11.5 Å². The second kappa shape index (κ2) is 6.82. The summed E-state index contributed by atoms with van der Waals surface area (Å²) in [6.07, 6.45) is 9.56. The molecule has 4 aliphatic rings. The Hall–Kier alpha value is -2.44. The van der Waals surface area contributed by atoms with E-state index in [1.807, 2.05) is 12.1 Å². The SMILES string of the molecule is CC(NC(=O)Cn1nc(-c2ccccn2)n(C)c1=O)C12CC3CC(CC(C3)C1)C2. The number of aromatic nitrogens is 4. The van der Waals surface area contributed by atoms with Crippen molar-refractivity contribution >= 4 is 5.91 Å². The van der Waals surface area contributed by atoms with Crippen molar-refractivity contribution < 1.29 is 4.79 Å². The lowest BCUT2D eigenvalue weighted by Crippen LogP contribution is -2.56. The average Bonchev–Trinajstić information content (AvgIpc) is 2.96. The lowest BCUT2D eigenvalue weighted by Gasteiger charge is -2.59. The Kier molecular flexibility index (Phi) is 4.37. The Balaban J connectivity index is 1.30. The van der Waals surface area contributed by atoms with Crippen molar-refractivity contribution in [1.29, 1.82) is 0 Å². The number of pyridine rings is 1. The topological polar surface area (TPSA) is 81.8 Å². The minimum atomic E-state index is -0.303. The van der Waals surface area contributed by atoms with E-state index in [0.29, 0.717) is 11.5 Å². The Labute approximate surface area is 170 Å². The molecule has 0 aliphatic heterocycles. The number of rotatable bonds is 5. The molecular weight excluding hydrogens is 366 g/mol. The number of hydrogen-bond donors (Lipinski definition) is 1. The van der Waals surface area contributed by atoms with Crippen LogP contribution in [0.3, 0.4) is 0 Å². The molecule has 4 fully saturated rings. The van der Waals surface area contributed by atoms with Crippen LogP contribution in [-0.2, 0) is 18.4 Å². The zero-order valence-corrected chi connectivity index (χ0v) is 17.2. The van der Waals surface area contributed by atoms with Crippen LogP contribution in [0, 0.1) is 23.2 Å². The molecule has 1 atom stereocenters. The van der Waals surface area contributed by atoms with E-state index in [9.17, 15) is 9.59 Å². The summed E-state index contributed by atoms with van der Waals surface area (Å²) >= 11 is 0. The van der Waals surface area contributed by atoms with E-state index in [1.54, 1.807) is 19.3 Å². The van der Waals surface area contributed by atoms with Crippen LogP contribution >= 0.6 is 0 Å². The molecule has 6 rings (SSSR count). The van der Waals surface area contributed by atoms with E-state index in [1.165, 1.54) is 47.8 Å². The molecule has 1 unspecified atom stereocenters. The van der Waals surface area contributed by atoms with Crippen molar-refractivity contribution in [3.63, 3.8) is 0 Å². The number of nitrogens with one attached hydrogen (secondary N) is 1. The highest BCUT2D eigenvalue weighted by molar-refractivity contribution is 5.76. The van der Waals surface area contributed by atoms with E-state index in [2.05, 4.69) is 22.3 Å². The van der Waals surface area contributed by atoms with Gasteiger partial charge in [-0.25, -0.2) is 9.48 Å². The van der Waals surface area contributed by atoms with Crippen LogP contribution in [0.1, 0.15) is 45.4 Å². The van der Waals surface area contributed by atoms with Crippen molar-refractivity contribution in [3.05, 3.63) is 34.9 Å². The molecule has 7 heteroatoms. The third-order valence-electron chi connectivity index (χ3n) is 7.61. The first-order valence-corrected chi connectivity index (χ1v) is 10.8. The summed E-state index contributed by atoms with van der Waals surface area (Å²) < 4.78 is 2.68. The number of hydrogen-bond acceptors (Lipinski definition) is 4. The van der Waals surface area contributed by atoms with E-state index in [4.69, 9.17) is 0 Å². The molecule has 2 aromatic heterocycles. The fourth-order valence-electron chi connectivity index (χ4n) is 6.59. The van der Waals surface area contributed by atoms with Gasteiger partial charge in [0.1, 0.15) is 12.2 Å². The molecule has 2 aromatic rings. The highest BCUT2D eigenvalue weighted by atomic mass is 16.2. The van der Waals surface area contributed by atoms with Gasteiger partial charge in [0.15, 0.2) is 5.82 Å². The molecule has 2 heterocycles. The summed E-state index contributed by atoms with van der Waals surface area (Å²) in [7, 11) is 1.66. The second-order valence-corrected chi connectivity index (χ2v) is 9.61. The van der Waals surface area contributed by atoms with Gasteiger partial charge in [-0.3, -0.25) is 14.3 Å². The monoisotopic (exact) mass is 395 g/mol. The molecule has 7 nitrogen and oxygen atoms in total. The fraction of sp³-hybridized carbons (Fsp3) is 0.636. The Morgan fingerprint density at radius 1 is 1.21 bits per heavy atom. The lowest BCUT2D eigenvalue weighted by molar-refractivity contribution is -0.126. The number of nitrogens with zero attached hydrogens (tertiary/aromatic N) is 4. The van der Waals surface area contributed by atoms with Gasteiger partial charge in [0, 0.05) is 19.3 Å². The molecule has 4 bridgehead atoms. The molecule has 29 heavy (non-hydrogen) atoms. The maximum absolute atomic E-state index is 12.8. The van der Waals surface area contributed by atoms with E-state index >= 15 is 0 Å². The van der Waals surface area contributed by atoms with E-state index in [0.717, 1.165) is 17.8 Å². The molecule has 1 amide bonds. The number of amides is 1. The molecule has 0 aromatic carbocycles. The zero-order valence-electron chi connectivity index (χ0n) is 17.2. The van der Waals surface area contributed by atoms with Gasteiger partial charge < -0.3 is 5.32 Å². The predicted molar refractivity (Wildman–Crippen MR) is 109 cm³/mol. The van der Waals surface area contributed by atoms with Crippen molar-refractivity contribution in [1.82, 2.24) is 24.6 Å². The zero-order chi connectivity index (χ0) is 20.2. The summed E-state index contributed by atoms with van der Waals surface area (Å²) in [4.78, 5) is 29.6. The third-order valence-corrected chi connectivity index (χ3v) is 7.61. The normalized spacial score (nSPS) is 31.0. The molecule has 0 spiro atoms. The second-order valence-electron chi connectivity index (χ2n) is 9.61. The van der Waals surface area contributed by atoms with Gasteiger partial charge in [-0.05, 0) is 80.8 Å². The minimum absolute atomic E-state index is 0.0593. The van der Waals surface area contributed by atoms with Crippen LogP contribution in [0.4, 0.5) is 0 Å². The fourth-order valence-corrected chi connectivity index (χ4v) is 6.59. The van der Waals surface area contributed by atoms with Crippen LogP contribution < -0.4 is 11.0 Å². The maximum atomic E-state index is 12.8. The van der Waals surface area contributed by atoms with Crippen LogP contribution in [-0.4, -0.2) is 31.3 Å². The van der Waals surface area contributed by atoms with Gasteiger partial charge in [0.05, 0.1) is 0 Å². The summed E-state index contributed by atoms with van der Waals surface area (Å²) in [5, 5.41) is 7.58. The molecule has 4 aliphatic carbocycles. The van der Waals surface area contributed by atoms with E-state index in [-0.39, 0.29) is 29.6 Å². The van der Waals surface area contributed by atoms with Gasteiger partial charge in [-0.1, -0.05) is 6.07 Å². The van der Waals surface area contributed by atoms with Gasteiger partial charge in [-0.15, -0.1) is 5.10 Å². The van der Waals surface area contributed by atoms with Gasteiger partial charge >= 0.3 is 5.69 Å². The Morgan fingerprint density at radius 2 is 1.86 bits per heavy atom. The van der Waals surface area contributed by atoms with Gasteiger partial charge in [-0.2, -0.15) is 0 Å². The van der Waals surface area contributed by atoms with Crippen LogP contribution in [0.15, 0.2) is 29.2 Å². The molecule has 4 saturated carbocycles. The highest BCUT2D eigenvalue weighted by Crippen LogP contribution is 2.61. The van der Waals surface area contributed by atoms with Crippen molar-refractivity contribution in [2.24, 2.45) is 30.2 Å². The predicted octanol–water partition coefficient (Wildman–Crippen LogP) is 2.36. The number of carbonyl (C=O) groups excluding carboxylic acids is 1. The summed E-state index contributed by atoms with van der Waals surface area (Å²) in [6.45, 7) is 2.10. The van der Waals surface area contributed by atoms with Crippen molar-refractivity contribution in [2.45, 2.75) is 58.0 Å². The minimum Gasteiger partial charge on any atom is -0.351 e. The number of carbonyl (C=O) groups is 1. The smallest absolute Gasteiger partial charge is 0.346 e. The first kappa shape index (κ1) is 18.6. The molecule has 1 N–H and O–H groups in total. The highest BCUT2D eigenvalue weighted by Gasteiger charge is 2.53. The third kappa shape index (κ3) is 3.20. The quantitative estimate of drug-likeness (QED) is 0.843. The summed E-state index contributed by atoms with van der Waals surface area (Å²) in [5.41, 5.74) is 0.565. The van der Waals surface area contributed by atoms with Gasteiger partial charge in [0.25, 0.3) is 0 Å². The first-order valence-electron chi connectivity index (χ1n) is 10.8. The molecular formula is C22H29N5O2. The van der Waals surface area contributed by atoms with E-state index < -0.39 is 0 Å². The molecule has 0 radical (unpaired) electrons. The van der Waals surface area contributed by atoms with Crippen molar-refractivity contribution in [2.75, 3.05) is 0 Å². The summed E-state index contributed by atoms with van der Waals surface area (Å²) in [6, 6.07) is 5.61. The van der Waals surface area contributed by atoms with Crippen LogP contribution in [0.5, 0.6) is 0 Å². The average molecular weight is 396 g/mol. The largest absolute Gasteiger partial charge is 0.351 e.